The quantitative estimate of drug-likeness (QED) is 0.659. The number of carbonyl (C=O) groups excluding carboxylic acids is 1. The van der Waals surface area contributed by atoms with Crippen LogP contribution in [0, 0.1) is 5.41 Å². The van der Waals surface area contributed by atoms with Crippen molar-refractivity contribution in [1.82, 2.24) is 4.90 Å². The second kappa shape index (κ2) is 5.78. The van der Waals surface area contributed by atoms with Crippen LogP contribution in [0.15, 0.2) is 42.5 Å². The van der Waals surface area contributed by atoms with Crippen molar-refractivity contribution in [2.75, 3.05) is 12.3 Å². The van der Waals surface area contributed by atoms with Gasteiger partial charge in [0.15, 0.2) is 0 Å². The molecule has 1 aliphatic carbocycles. The summed E-state index contributed by atoms with van der Waals surface area (Å²) in [5.41, 5.74) is 10.4. The number of nitrogens with one attached hydrogen (secondary N) is 1. The lowest BCUT2D eigenvalue weighted by Crippen LogP contribution is -2.46. The molecule has 2 aromatic rings. The lowest BCUT2D eigenvalue weighted by Gasteiger charge is -2.38. The summed E-state index contributed by atoms with van der Waals surface area (Å²) in [6.45, 7) is 0.804. The largest absolute Gasteiger partial charge is 0.398 e. The number of nitrogens with two attached hydrogens (primary N) is 1. The summed E-state index contributed by atoms with van der Waals surface area (Å²) < 4.78 is 0. The molecule has 2 unspecified atom stereocenters. The third-order valence-electron chi connectivity index (χ3n) is 5.41. The van der Waals surface area contributed by atoms with Crippen LogP contribution in [0.2, 0.25) is 0 Å². The molecule has 4 nitrogen and oxygen atoms in total. The fourth-order valence-electron chi connectivity index (χ4n) is 4.23. The van der Waals surface area contributed by atoms with Crippen LogP contribution >= 0.6 is 0 Å². The highest BCUT2D eigenvalue weighted by Gasteiger charge is 2.40. The highest BCUT2D eigenvalue weighted by atomic mass is 16.2. The van der Waals surface area contributed by atoms with Crippen LogP contribution in [-0.4, -0.2) is 29.6 Å². The van der Waals surface area contributed by atoms with Gasteiger partial charge >= 0.3 is 0 Å². The molecular formula is C20H21N3O. The predicted octanol–water partition coefficient (Wildman–Crippen LogP) is 3.21. The van der Waals surface area contributed by atoms with Gasteiger partial charge in [0.2, 0.25) is 0 Å². The number of hydrogen-bond acceptors (Lipinski definition) is 3. The number of rotatable bonds is 2. The van der Waals surface area contributed by atoms with Gasteiger partial charge in [0.05, 0.1) is 0 Å². The molecule has 0 spiro atoms. The molecule has 4 rings (SSSR count). The smallest absolute Gasteiger partial charge is 0.254 e. The van der Waals surface area contributed by atoms with Crippen molar-refractivity contribution in [3.63, 3.8) is 0 Å². The highest BCUT2D eigenvalue weighted by Crippen LogP contribution is 2.42. The molecule has 122 valence electrons. The van der Waals surface area contributed by atoms with E-state index in [1.807, 2.05) is 4.90 Å². The summed E-state index contributed by atoms with van der Waals surface area (Å²) in [6.07, 6.45) is 4.34. The molecule has 1 amide bonds. The third kappa shape index (κ3) is 2.30. The zero-order chi connectivity index (χ0) is 16.7. The first-order chi connectivity index (χ1) is 11.7. The lowest BCUT2D eigenvalue weighted by atomic mass is 9.88. The third-order valence-corrected chi connectivity index (χ3v) is 5.41. The summed E-state index contributed by atoms with van der Waals surface area (Å²) in [5.74, 6) is 0.510. The Kier molecular flexibility index (Phi) is 3.60. The maximum Gasteiger partial charge on any atom is 0.254 e. The number of hydrogen-bond donors (Lipinski definition) is 2. The van der Waals surface area contributed by atoms with Gasteiger partial charge in [-0.2, -0.15) is 0 Å². The molecule has 0 bridgehead atoms. The molecule has 2 atom stereocenters. The van der Waals surface area contributed by atoms with Crippen LogP contribution in [0.3, 0.4) is 0 Å². The van der Waals surface area contributed by atoms with E-state index < -0.39 is 0 Å². The molecule has 0 aromatic heterocycles. The molecule has 24 heavy (non-hydrogen) atoms. The van der Waals surface area contributed by atoms with Crippen LogP contribution in [0.1, 0.15) is 45.8 Å². The second-order valence-corrected chi connectivity index (χ2v) is 6.71. The molecular weight excluding hydrogens is 298 g/mol. The number of amides is 1. The lowest BCUT2D eigenvalue weighted by molar-refractivity contribution is 0.0595. The van der Waals surface area contributed by atoms with Crippen molar-refractivity contribution >= 4 is 17.8 Å². The Bertz CT molecular complexity index is 814. The van der Waals surface area contributed by atoms with Gasteiger partial charge in [-0.3, -0.25) is 4.79 Å². The minimum atomic E-state index is 0.0561. The number of nitrogen functional groups attached to an aromatic ring is 1. The molecule has 1 fully saturated rings. The summed E-state index contributed by atoms with van der Waals surface area (Å²) in [4.78, 5) is 15.1. The second-order valence-electron chi connectivity index (χ2n) is 6.71. The zero-order valence-corrected chi connectivity index (χ0v) is 13.5. The maximum absolute atomic E-state index is 13.1. The Balaban J connectivity index is 1.65. The van der Waals surface area contributed by atoms with Crippen LogP contribution in [0.4, 0.5) is 5.69 Å². The van der Waals surface area contributed by atoms with Gasteiger partial charge in [-0.05, 0) is 48.6 Å². The average Bonchev–Trinajstić information content (AvgIpc) is 3.00. The number of carbonyl (C=O) groups is 1. The van der Waals surface area contributed by atoms with Gasteiger partial charge in [-0.1, -0.05) is 24.3 Å². The highest BCUT2D eigenvalue weighted by molar-refractivity contribution is 5.98. The fourth-order valence-corrected chi connectivity index (χ4v) is 4.23. The summed E-state index contributed by atoms with van der Waals surface area (Å²) >= 11 is 0. The molecule has 0 saturated carbocycles. The van der Waals surface area contributed by atoms with Crippen LogP contribution in [0.5, 0.6) is 0 Å². The number of anilines is 1. The minimum absolute atomic E-state index is 0.0561. The van der Waals surface area contributed by atoms with E-state index in [-0.39, 0.29) is 11.9 Å². The van der Waals surface area contributed by atoms with E-state index in [0.717, 1.165) is 25.8 Å². The van der Waals surface area contributed by atoms with E-state index in [2.05, 4.69) is 24.3 Å². The SMILES string of the molecule is N=Cc1cc(C(=O)N2CCCC3c4ccccc4CC32)ccc1N. The number of nitrogens with zero attached hydrogens (tertiary/aromatic N) is 1. The van der Waals surface area contributed by atoms with Gasteiger partial charge < -0.3 is 16.0 Å². The van der Waals surface area contributed by atoms with E-state index in [1.165, 1.54) is 17.3 Å². The predicted molar refractivity (Wildman–Crippen MR) is 95.7 cm³/mol. The van der Waals surface area contributed by atoms with E-state index in [4.69, 9.17) is 11.1 Å². The molecule has 1 aliphatic heterocycles. The van der Waals surface area contributed by atoms with E-state index in [0.29, 0.717) is 22.7 Å². The number of likely N-dealkylation sites (tertiary alicyclic amines) is 1. The first kappa shape index (κ1) is 14.9. The van der Waals surface area contributed by atoms with Crippen molar-refractivity contribution in [2.24, 2.45) is 0 Å². The van der Waals surface area contributed by atoms with Gasteiger partial charge in [-0.25, -0.2) is 0 Å². The molecule has 0 radical (unpaired) electrons. The van der Waals surface area contributed by atoms with Crippen molar-refractivity contribution in [3.8, 4) is 0 Å². The molecule has 1 saturated heterocycles. The van der Waals surface area contributed by atoms with Gasteiger partial charge in [0, 0.05) is 41.5 Å². The van der Waals surface area contributed by atoms with E-state index in [1.54, 1.807) is 18.2 Å². The molecule has 4 heteroatoms. The van der Waals surface area contributed by atoms with Gasteiger partial charge in [0.25, 0.3) is 5.91 Å². The monoisotopic (exact) mass is 319 g/mol. The summed E-state index contributed by atoms with van der Waals surface area (Å²) in [6, 6.07) is 14.1. The van der Waals surface area contributed by atoms with E-state index in [9.17, 15) is 4.79 Å². The minimum Gasteiger partial charge on any atom is -0.398 e. The molecule has 1 heterocycles. The standard InChI is InChI=1S/C20H21N3O/c21-12-15-10-14(7-8-18(15)22)20(24)23-9-3-6-17-16-5-2-1-4-13(16)11-19(17)23/h1-2,4-5,7-8,10,12,17,19,21H,3,6,9,11,22H2. The van der Waals surface area contributed by atoms with Gasteiger partial charge in [0.1, 0.15) is 0 Å². The normalized spacial score (nSPS) is 21.9. The van der Waals surface area contributed by atoms with Crippen molar-refractivity contribution in [2.45, 2.75) is 31.2 Å². The Morgan fingerprint density at radius 2 is 2.08 bits per heavy atom. The average molecular weight is 319 g/mol. The Hall–Kier alpha value is -2.62. The number of fused-ring (bicyclic) bond motifs is 3. The fraction of sp³-hybridized carbons (Fsp3) is 0.300. The Morgan fingerprint density at radius 1 is 1.25 bits per heavy atom. The molecule has 3 N–H and O–H groups in total. The Labute approximate surface area is 141 Å². The first-order valence-corrected chi connectivity index (χ1v) is 8.48. The van der Waals surface area contributed by atoms with Crippen LogP contribution in [-0.2, 0) is 6.42 Å². The number of piperidine rings is 1. The topological polar surface area (TPSA) is 70.2 Å². The van der Waals surface area contributed by atoms with Gasteiger partial charge in [-0.15, -0.1) is 0 Å². The first-order valence-electron chi connectivity index (χ1n) is 8.48. The molecule has 2 aromatic carbocycles. The van der Waals surface area contributed by atoms with Crippen LogP contribution in [0.25, 0.3) is 0 Å². The van der Waals surface area contributed by atoms with Crippen molar-refractivity contribution in [3.05, 3.63) is 64.7 Å². The summed E-state index contributed by atoms with van der Waals surface area (Å²) in [7, 11) is 0. The maximum atomic E-state index is 13.1. The molecule has 2 aliphatic rings. The van der Waals surface area contributed by atoms with Crippen LogP contribution < -0.4 is 5.73 Å². The van der Waals surface area contributed by atoms with E-state index >= 15 is 0 Å². The zero-order valence-electron chi connectivity index (χ0n) is 13.5. The number of benzene rings is 2. The van der Waals surface area contributed by atoms with Crippen molar-refractivity contribution in [1.29, 1.82) is 5.41 Å². The van der Waals surface area contributed by atoms with Crippen molar-refractivity contribution < 1.29 is 4.79 Å². The summed E-state index contributed by atoms with van der Waals surface area (Å²) in [5, 5.41) is 7.44. The Morgan fingerprint density at radius 3 is 2.92 bits per heavy atom.